The number of benzene rings is 4. The highest BCUT2D eigenvalue weighted by atomic mass is 32.2. The number of thioether (sulfide) groups is 1. The Bertz CT molecular complexity index is 2540. The summed E-state index contributed by atoms with van der Waals surface area (Å²) in [6.45, 7) is 4.05. The molecule has 3 aliphatic rings. The summed E-state index contributed by atoms with van der Waals surface area (Å²) in [6, 6.07) is 36.6. The van der Waals surface area contributed by atoms with Gasteiger partial charge in [0, 0.05) is 29.9 Å². The Hall–Kier alpha value is -5.45. The maximum Gasteiger partial charge on any atom is 0.326 e. The highest BCUT2D eigenvalue weighted by molar-refractivity contribution is 8.23. The minimum Gasteiger partial charge on any atom is -0.465 e. The lowest BCUT2D eigenvalue weighted by Gasteiger charge is -2.27. The summed E-state index contributed by atoms with van der Waals surface area (Å²) in [7, 11) is 0. The van der Waals surface area contributed by atoms with Gasteiger partial charge in [-0.2, -0.15) is 0 Å². The Morgan fingerprint density at radius 3 is 2.18 bits per heavy atom. The summed E-state index contributed by atoms with van der Waals surface area (Å²) in [5, 5.41) is -0.345. The van der Waals surface area contributed by atoms with Crippen LogP contribution in [0.3, 0.4) is 0 Å². The zero-order valence-electron chi connectivity index (χ0n) is 34.3. The number of hydrogen-bond acceptors (Lipinski definition) is 8. The van der Waals surface area contributed by atoms with Crippen LogP contribution in [-0.4, -0.2) is 45.8 Å². The van der Waals surface area contributed by atoms with Crippen LogP contribution < -0.4 is 19.7 Å². The highest BCUT2D eigenvalue weighted by Gasteiger charge is 2.42. The van der Waals surface area contributed by atoms with E-state index in [4.69, 9.17) is 4.74 Å². The molecule has 0 radical (unpaired) electrons. The van der Waals surface area contributed by atoms with Crippen molar-refractivity contribution in [3.05, 3.63) is 150 Å². The zero-order chi connectivity index (χ0) is 41.6. The van der Waals surface area contributed by atoms with Gasteiger partial charge in [0.1, 0.15) is 16.1 Å². The highest BCUT2D eigenvalue weighted by Crippen LogP contribution is 2.52. The van der Waals surface area contributed by atoms with Crippen molar-refractivity contribution in [1.29, 1.82) is 0 Å². The number of rotatable bonds is 15. The largest absolute Gasteiger partial charge is 0.465 e. The maximum absolute atomic E-state index is 14.1. The number of unbranched alkanes of at least 4 members (excludes halogenated alkanes) is 5. The van der Waals surface area contributed by atoms with Crippen LogP contribution in [0.5, 0.6) is 0 Å². The molecule has 0 bridgehead atoms. The standard InChI is InChI=1S/C50H51N3O5S2/c1-3-5-6-7-8-15-29-51-48(56)46(60-50(51)57)49-52(33-45(54)58-4-2)47(55)44(59-49)32-35-25-28-43-41(31-35)39-21-16-22-42(39)53(43)38-26-23-34(24-27-38)30-40(36-17-11-9-12-18-36)37-19-13-10-14-20-37/h9-14,17-20,23-28,30-32,39,42H,3-8,15-16,21-22,29,33H2,1-2H3/b44-32+,49-46+. The number of thiazole rings is 1. The third-order valence-electron chi connectivity index (χ3n) is 11.8. The molecule has 0 spiro atoms. The molecule has 308 valence electrons. The second-order valence-electron chi connectivity index (χ2n) is 15.7. The minimum absolute atomic E-state index is 0.166. The van der Waals surface area contributed by atoms with Crippen LogP contribution in [0.25, 0.3) is 22.6 Å². The van der Waals surface area contributed by atoms with Gasteiger partial charge in [0.2, 0.25) is 0 Å². The maximum atomic E-state index is 14.1. The van der Waals surface area contributed by atoms with E-state index in [1.807, 2.05) is 24.3 Å². The summed E-state index contributed by atoms with van der Waals surface area (Å²) in [5.41, 5.74) is 8.73. The molecule has 4 aromatic carbocycles. The van der Waals surface area contributed by atoms with Gasteiger partial charge < -0.3 is 9.64 Å². The van der Waals surface area contributed by atoms with Crippen molar-refractivity contribution in [2.24, 2.45) is 0 Å². The number of aromatic nitrogens is 1. The minimum atomic E-state index is -0.571. The third-order valence-corrected chi connectivity index (χ3v) is 14.0. The molecule has 1 saturated heterocycles. The molecule has 2 amide bonds. The number of nitrogens with zero attached hydrogens (tertiary/aromatic N) is 3. The average molecular weight is 838 g/mol. The second-order valence-corrected chi connectivity index (χ2v) is 17.7. The molecular formula is C50H51N3O5S2. The predicted octanol–water partition coefficient (Wildman–Crippen LogP) is 9.84. The zero-order valence-corrected chi connectivity index (χ0v) is 35.9. The summed E-state index contributed by atoms with van der Waals surface area (Å²) >= 11 is 2.00. The Kier molecular flexibility index (Phi) is 13.0. The van der Waals surface area contributed by atoms with Crippen LogP contribution in [0.2, 0.25) is 0 Å². The number of amides is 2. The molecule has 60 heavy (non-hydrogen) atoms. The molecule has 2 unspecified atom stereocenters. The molecule has 1 saturated carbocycles. The van der Waals surface area contributed by atoms with Crippen molar-refractivity contribution in [2.45, 2.75) is 90.1 Å². The average Bonchev–Trinajstić information content (AvgIpc) is 4.01. The van der Waals surface area contributed by atoms with Gasteiger partial charge in [-0.3, -0.25) is 28.6 Å². The number of carbonyl (C=O) groups excluding carboxylic acids is 3. The van der Waals surface area contributed by atoms with E-state index in [1.165, 1.54) is 43.8 Å². The van der Waals surface area contributed by atoms with Crippen molar-refractivity contribution in [1.82, 2.24) is 9.47 Å². The first-order chi connectivity index (χ1) is 29.3. The Labute approximate surface area is 359 Å². The van der Waals surface area contributed by atoms with E-state index in [0.29, 0.717) is 27.7 Å². The van der Waals surface area contributed by atoms with Crippen LogP contribution in [0.4, 0.5) is 16.2 Å². The van der Waals surface area contributed by atoms with E-state index in [-0.39, 0.29) is 28.9 Å². The first-order valence-corrected chi connectivity index (χ1v) is 23.0. The molecule has 8 rings (SSSR count). The van der Waals surface area contributed by atoms with E-state index in [9.17, 15) is 19.2 Å². The molecule has 2 atom stereocenters. The predicted molar refractivity (Wildman–Crippen MR) is 245 cm³/mol. The lowest BCUT2D eigenvalue weighted by Crippen LogP contribution is -2.36. The van der Waals surface area contributed by atoms with Gasteiger partial charge in [0.05, 0.1) is 11.1 Å². The Morgan fingerprint density at radius 1 is 0.800 bits per heavy atom. The van der Waals surface area contributed by atoms with Gasteiger partial charge in [0.25, 0.3) is 16.7 Å². The van der Waals surface area contributed by atoms with E-state index < -0.39 is 11.9 Å². The number of imide groups is 1. The number of fused-ring (bicyclic) bond motifs is 3. The number of carbonyl (C=O) groups is 3. The van der Waals surface area contributed by atoms with Crippen LogP contribution in [0.1, 0.15) is 105 Å². The molecule has 3 heterocycles. The smallest absolute Gasteiger partial charge is 0.326 e. The molecule has 2 aliphatic heterocycles. The lowest BCUT2D eigenvalue weighted by atomic mass is 9.95. The lowest BCUT2D eigenvalue weighted by molar-refractivity contribution is -0.143. The normalized spacial score (nSPS) is 18.3. The van der Waals surface area contributed by atoms with Crippen molar-refractivity contribution < 1.29 is 19.1 Å². The number of ether oxygens (including phenoxy) is 1. The van der Waals surface area contributed by atoms with Crippen LogP contribution in [0.15, 0.2) is 108 Å². The molecular weight excluding hydrogens is 787 g/mol. The Balaban J connectivity index is 1.10. The van der Waals surface area contributed by atoms with E-state index in [2.05, 4.69) is 103 Å². The van der Waals surface area contributed by atoms with Gasteiger partial charge in [-0.05, 0) is 108 Å². The summed E-state index contributed by atoms with van der Waals surface area (Å²) in [6.07, 6.45) is 13.6. The van der Waals surface area contributed by atoms with Gasteiger partial charge in [-0.1, -0.05) is 124 Å². The summed E-state index contributed by atoms with van der Waals surface area (Å²) in [4.78, 5) is 57.6. The molecule has 5 aromatic rings. The van der Waals surface area contributed by atoms with Crippen LogP contribution in [0, 0.1) is 0 Å². The van der Waals surface area contributed by atoms with E-state index in [0.717, 1.165) is 91.3 Å². The first kappa shape index (κ1) is 41.3. The van der Waals surface area contributed by atoms with E-state index in [1.54, 1.807) is 6.92 Å². The number of esters is 1. The topological polar surface area (TPSA) is 88.9 Å². The van der Waals surface area contributed by atoms with Crippen molar-refractivity contribution in [3.63, 3.8) is 0 Å². The van der Waals surface area contributed by atoms with E-state index >= 15 is 0 Å². The SMILES string of the molecule is CCCCCCCCN1C(=O)S/C(=c2/s/c(=C/c3ccc4c(c3)C3CCCC3N4c3ccc(C=C(c4ccccc4)c4ccccc4)cc3)c(=O)n2CC(=O)OCC)C1=O. The molecule has 1 aliphatic carbocycles. The van der Waals surface area contributed by atoms with Gasteiger partial charge in [-0.25, -0.2) is 0 Å². The van der Waals surface area contributed by atoms with Gasteiger partial charge in [-0.15, -0.1) is 11.3 Å². The second kappa shape index (κ2) is 18.9. The van der Waals surface area contributed by atoms with Gasteiger partial charge >= 0.3 is 5.97 Å². The summed E-state index contributed by atoms with van der Waals surface area (Å²) in [5.74, 6) is -0.620. The fraction of sp³-hybridized carbons (Fsp3) is 0.320. The fourth-order valence-corrected chi connectivity index (χ4v) is 11.0. The van der Waals surface area contributed by atoms with Gasteiger partial charge in [0.15, 0.2) is 0 Å². The molecule has 0 N–H and O–H groups in total. The quantitative estimate of drug-likeness (QED) is 0.0590. The van der Waals surface area contributed by atoms with Crippen molar-refractivity contribution in [2.75, 3.05) is 18.1 Å². The monoisotopic (exact) mass is 837 g/mol. The molecule has 8 nitrogen and oxygen atoms in total. The van der Waals surface area contributed by atoms with Crippen LogP contribution >= 0.6 is 23.1 Å². The fourth-order valence-electron chi connectivity index (χ4n) is 8.86. The van der Waals surface area contributed by atoms with Crippen LogP contribution in [-0.2, 0) is 20.9 Å². The molecule has 10 heteroatoms. The Morgan fingerprint density at radius 2 is 1.48 bits per heavy atom. The third kappa shape index (κ3) is 8.72. The van der Waals surface area contributed by atoms with Crippen molar-refractivity contribution in [3.8, 4) is 0 Å². The number of anilines is 2. The summed E-state index contributed by atoms with van der Waals surface area (Å²) < 4.78 is 7.23. The number of hydrogen-bond donors (Lipinski definition) is 0. The molecule has 2 fully saturated rings. The molecule has 1 aromatic heterocycles. The van der Waals surface area contributed by atoms with Crippen molar-refractivity contribution >= 4 is 74.2 Å². The first-order valence-electron chi connectivity index (χ1n) is 21.3.